The first-order chi connectivity index (χ1) is 12.0. The number of anilines is 1. The largest absolute Gasteiger partial charge is 0.364 e. The van der Waals surface area contributed by atoms with Gasteiger partial charge in [-0.2, -0.15) is 0 Å². The van der Waals surface area contributed by atoms with Crippen LogP contribution in [0, 0.1) is 0 Å². The van der Waals surface area contributed by atoms with Crippen LogP contribution in [0.15, 0.2) is 29.8 Å². The van der Waals surface area contributed by atoms with E-state index in [1.807, 2.05) is 11.6 Å². The minimum Gasteiger partial charge on any atom is -0.364 e. The van der Waals surface area contributed by atoms with Gasteiger partial charge in [-0.05, 0) is 19.1 Å². The number of urea groups is 1. The normalized spacial score (nSPS) is 16.4. The molecule has 3 heterocycles. The van der Waals surface area contributed by atoms with Crippen molar-refractivity contribution in [1.82, 2.24) is 19.8 Å². The van der Waals surface area contributed by atoms with Crippen molar-refractivity contribution in [1.29, 1.82) is 0 Å². The van der Waals surface area contributed by atoms with Gasteiger partial charge in [-0.1, -0.05) is 6.07 Å². The van der Waals surface area contributed by atoms with Crippen LogP contribution >= 0.6 is 11.3 Å². The number of thiazole rings is 1. The summed E-state index contributed by atoms with van der Waals surface area (Å²) in [5.41, 5.74) is 5.33. The molecule has 1 fully saturated rings. The fraction of sp³-hybridized carbons (Fsp3) is 0.375. The van der Waals surface area contributed by atoms with E-state index in [-0.39, 0.29) is 17.8 Å². The van der Waals surface area contributed by atoms with E-state index in [9.17, 15) is 9.59 Å². The molecule has 1 aliphatic heterocycles. The highest BCUT2D eigenvalue weighted by Crippen LogP contribution is 2.23. The minimum absolute atomic E-state index is 0.125. The number of aromatic nitrogens is 2. The van der Waals surface area contributed by atoms with Gasteiger partial charge in [0.05, 0.1) is 6.04 Å². The van der Waals surface area contributed by atoms with Gasteiger partial charge in [0, 0.05) is 37.8 Å². The molecule has 3 N–H and O–H groups in total. The summed E-state index contributed by atoms with van der Waals surface area (Å²) < 4.78 is 0. The Balaban J connectivity index is 1.55. The van der Waals surface area contributed by atoms with Gasteiger partial charge in [0.25, 0.3) is 5.91 Å². The predicted octanol–water partition coefficient (Wildman–Crippen LogP) is 1.55. The van der Waals surface area contributed by atoms with Crippen molar-refractivity contribution < 1.29 is 9.59 Å². The van der Waals surface area contributed by atoms with Crippen LogP contribution in [-0.4, -0.2) is 57.9 Å². The van der Waals surface area contributed by atoms with Gasteiger partial charge in [0.2, 0.25) is 0 Å². The number of primary amides is 1. The first-order valence-corrected chi connectivity index (χ1v) is 8.89. The van der Waals surface area contributed by atoms with E-state index < -0.39 is 5.91 Å². The molecule has 1 atom stereocenters. The summed E-state index contributed by atoms with van der Waals surface area (Å²) in [4.78, 5) is 36.0. The molecule has 0 aromatic carbocycles. The number of nitrogens with two attached hydrogens (primary N) is 1. The molecule has 0 aliphatic carbocycles. The minimum atomic E-state index is -0.624. The molecule has 132 valence electrons. The third-order valence-corrected chi connectivity index (χ3v) is 5.14. The fourth-order valence-corrected chi connectivity index (χ4v) is 3.47. The Morgan fingerprint density at radius 3 is 2.68 bits per heavy atom. The topological polar surface area (TPSA) is 104 Å². The molecule has 9 heteroatoms. The van der Waals surface area contributed by atoms with Crippen molar-refractivity contribution in [3.05, 3.63) is 40.5 Å². The Bertz CT molecular complexity index is 743. The fourth-order valence-electron chi connectivity index (χ4n) is 2.74. The molecule has 25 heavy (non-hydrogen) atoms. The van der Waals surface area contributed by atoms with E-state index in [0.29, 0.717) is 18.9 Å². The third kappa shape index (κ3) is 4.12. The highest BCUT2D eigenvalue weighted by molar-refractivity contribution is 7.09. The molecule has 2 aromatic heterocycles. The van der Waals surface area contributed by atoms with Crippen LogP contribution in [0.2, 0.25) is 0 Å². The second-order valence-corrected chi connectivity index (χ2v) is 6.70. The van der Waals surface area contributed by atoms with Crippen LogP contribution in [-0.2, 0) is 0 Å². The standard InChI is InChI=1S/C16H20N6O2S/c1-11(15-18-5-10-25-15)21-6-8-22(9-7-21)16(24)20-13-4-2-3-12(19-13)14(17)23/h2-5,10-11H,6-9H2,1H3,(H2,17,23)(H,19,20,24). The second-order valence-electron chi connectivity index (χ2n) is 5.77. The molecule has 3 amide bonds. The summed E-state index contributed by atoms with van der Waals surface area (Å²) in [5.74, 6) is -0.305. The molecule has 0 radical (unpaired) electrons. The molecule has 3 rings (SSSR count). The molecule has 0 bridgehead atoms. The summed E-state index contributed by atoms with van der Waals surface area (Å²) in [6.45, 7) is 4.94. The highest BCUT2D eigenvalue weighted by Gasteiger charge is 2.26. The Kier molecular flexibility index (Phi) is 5.25. The lowest BCUT2D eigenvalue weighted by molar-refractivity contribution is 0.0995. The maximum Gasteiger partial charge on any atom is 0.323 e. The summed E-state index contributed by atoms with van der Waals surface area (Å²) >= 11 is 1.65. The van der Waals surface area contributed by atoms with Crippen LogP contribution in [0.25, 0.3) is 0 Å². The zero-order valence-electron chi connectivity index (χ0n) is 13.9. The molecule has 8 nitrogen and oxygen atoms in total. The van der Waals surface area contributed by atoms with Crippen molar-refractivity contribution >= 4 is 29.1 Å². The number of rotatable bonds is 4. The number of carbonyl (C=O) groups excluding carboxylic acids is 2. The molecule has 1 aliphatic rings. The Morgan fingerprint density at radius 1 is 1.28 bits per heavy atom. The highest BCUT2D eigenvalue weighted by atomic mass is 32.1. The number of hydrogen-bond donors (Lipinski definition) is 2. The van der Waals surface area contributed by atoms with E-state index in [0.717, 1.165) is 18.1 Å². The zero-order chi connectivity index (χ0) is 17.8. The molecule has 2 aromatic rings. The third-order valence-electron chi connectivity index (χ3n) is 4.19. The number of hydrogen-bond acceptors (Lipinski definition) is 6. The summed E-state index contributed by atoms with van der Waals surface area (Å²) in [6.07, 6.45) is 1.81. The number of carbonyl (C=O) groups is 2. The second kappa shape index (κ2) is 7.58. The van der Waals surface area contributed by atoms with Gasteiger partial charge < -0.3 is 10.6 Å². The lowest BCUT2D eigenvalue weighted by Crippen LogP contribution is -2.50. The van der Waals surface area contributed by atoms with E-state index in [2.05, 4.69) is 27.1 Å². The lowest BCUT2D eigenvalue weighted by Gasteiger charge is -2.37. The summed E-state index contributed by atoms with van der Waals surface area (Å²) in [5, 5.41) is 5.78. The Labute approximate surface area is 149 Å². The maximum absolute atomic E-state index is 12.4. The molecule has 0 saturated carbocycles. The summed E-state index contributed by atoms with van der Waals surface area (Å²) in [6, 6.07) is 4.80. The van der Waals surface area contributed by atoms with Crippen molar-refractivity contribution in [2.24, 2.45) is 5.73 Å². The van der Waals surface area contributed by atoms with Crippen molar-refractivity contribution in [3.63, 3.8) is 0 Å². The average molecular weight is 360 g/mol. The Morgan fingerprint density at radius 2 is 2.04 bits per heavy atom. The molecule has 0 spiro atoms. The van der Waals surface area contributed by atoms with Gasteiger partial charge in [0.1, 0.15) is 16.5 Å². The SMILES string of the molecule is CC(c1nccs1)N1CCN(C(=O)Nc2cccc(C(N)=O)n2)CC1. The molecular weight excluding hydrogens is 340 g/mol. The van der Waals surface area contributed by atoms with E-state index in [1.165, 1.54) is 6.07 Å². The lowest BCUT2D eigenvalue weighted by atomic mass is 10.2. The Hall–Kier alpha value is -2.52. The van der Waals surface area contributed by atoms with Crippen molar-refractivity contribution in [3.8, 4) is 0 Å². The first-order valence-electron chi connectivity index (χ1n) is 8.01. The van der Waals surface area contributed by atoms with Gasteiger partial charge in [-0.15, -0.1) is 11.3 Å². The number of amides is 3. The van der Waals surface area contributed by atoms with Crippen LogP contribution in [0.1, 0.15) is 28.5 Å². The zero-order valence-corrected chi connectivity index (χ0v) is 14.7. The average Bonchev–Trinajstić information content (AvgIpc) is 3.16. The van der Waals surface area contributed by atoms with Gasteiger partial charge in [-0.25, -0.2) is 14.8 Å². The summed E-state index contributed by atoms with van der Waals surface area (Å²) in [7, 11) is 0. The quantitative estimate of drug-likeness (QED) is 0.861. The van der Waals surface area contributed by atoms with Crippen LogP contribution in [0.4, 0.5) is 10.6 Å². The monoisotopic (exact) mass is 360 g/mol. The van der Waals surface area contributed by atoms with E-state index in [1.54, 1.807) is 28.4 Å². The molecular formula is C16H20N6O2S. The van der Waals surface area contributed by atoms with Gasteiger partial charge >= 0.3 is 6.03 Å². The van der Waals surface area contributed by atoms with Crippen molar-refractivity contribution in [2.75, 3.05) is 31.5 Å². The van der Waals surface area contributed by atoms with Gasteiger partial charge in [0.15, 0.2) is 0 Å². The van der Waals surface area contributed by atoms with Crippen molar-refractivity contribution in [2.45, 2.75) is 13.0 Å². The first kappa shape index (κ1) is 17.3. The van der Waals surface area contributed by atoms with Crippen LogP contribution < -0.4 is 11.1 Å². The van der Waals surface area contributed by atoms with Gasteiger partial charge in [-0.3, -0.25) is 15.0 Å². The smallest absolute Gasteiger partial charge is 0.323 e. The maximum atomic E-state index is 12.4. The molecule has 1 unspecified atom stereocenters. The van der Waals surface area contributed by atoms with E-state index >= 15 is 0 Å². The number of nitrogens with one attached hydrogen (secondary N) is 1. The number of nitrogens with zero attached hydrogens (tertiary/aromatic N) is 4. The predicted molar refractivity (Wildman–Crippen MR) is 95.4 cm³/mol. The number of piperazine rings is 1. The van der Waals surface area contributed by atoms with E-state index in [4.69, 9.17) is 5.73 Å². The number of pyridine rings is 1. The van der Waals surface area contributed by atoms with Crippen LogP contribution in [0.5, 0.6) is 0 Å². The molecule has 1 saturated heterocycles. The van der Waals surface area contributed by atoms with Crippen LogP contribution in [0.3, 0.4) is 0 Å².